The largest absolute Gasteiger partial charge is 0.494 e. The summed E-state index contributed by atoms with van der Waals surface area (Å²) in [5.74, 6) is 0.877. The Kier molecular flexibility index (Phi) is 16.9. The van der Waals surface area contributed by atoms with E-state index in [4.69, 9.17) is 14.2 Å². The molecule has 7 nitrogen and oxygen atoms in total. The predicted molar refractivity (Wildman–Crippen MR) is 162 cm³/mol. The molecule has 0 radical (unpaired) electrons. The van der Waals surface area contributed by atoms with Gasteiger partial charge in [-0.1, -0.05) is 78.1 Å². The maximum atomic E-state index is 12.7. The van der Waals surface area contributed by atoms with E-state index < -0.39 is 5.97 Å². The van der Waals surface area contributed by atoms with Gasteiger partial charge in [0.1, 0.15) is 5.75 Å². The molecule has 40 heavy (non-hydrogen) atoms. The molecular weight excluding hydrogens is 504 g/mol. The minimum absolute atomic E-state index is 0.0890. The molecule has 2 aromatic carbocycles. The lowest BCUT2D eigenvalue weighted by molar-refractivity contribution is -0.121. The lowest BCUT2D eigenvalue weighted by atomic mass is 10.1. The third kappa shape index (κ3) is 13.6. The molecule has 1 amide bonds. The second kappa shape index (κ2) is 20.5. The van der Waals surface area contributed by atoms with E-state index in [9.17, 15) is 9.59 Å². The van der Waals surface area contributed by atoms with Gasteiger partial charge in [-0.2, -0.15) is 5.10 Å². The maximum Gasteiger partial charge on any atom is 0.343 e. The number of nitrogens with one attached hydrogen (secondary N) is 1. The summed E-state index contributed by atoms with van der Waals surface area (Å²) in [6.07, 6.45) is 16.7. The van der Waals surface area contributed by atoms with Gasteiger partial charge in [-0.15, -0.1) is 0 Å². The zero-order valence-corrected chi connectivity index (χ0v) is 24.7. The highest BCUT2D eigenvalue weighted by Gasteiger charge is 2.13. The van der Waals surface area contributed by atoms with Crippen LogP contribution in [-0.2, 0) is 4.79 Å². The molecule has 0 fully saturated rings. The van der Waals surface area contributed by atoms with E-state index in [-0.39, 0.29) is 5.91 Å². The highest BCUT2D eigenvalue weighted by atomic mass is 16.6. The lowest BCUT2D eigenvalue weighted by Gasteiger charge is -2.12. The highest BCUT2D eigenvalue weighted by Crippen LogP contribution is 2.29. The number of hydrazone groups is 1. The van der Waals surface area contributed by atoms with Crippen LogP contribution in [0.5, 0.6) is 17.2 Å². The molecule has 2 rings (SSSR count). The Morgan fingerprint density at radius 2 is 1.40 bits per heavy atom. The van der Waals surface area contributed by atoms with Crippen molar-refractivity contribution in [3.63, 3.8) is 0 Å². The molecule has 1 N–H and O–H groups in total. The summed E-state index contributed by atoms with van der Waals surface area (Å²) in [4.78, 5) is 24.8. The van der Waals surface area contributed by atoms with Crippen LogP contribution in [0.1, 0.15) is 120 Å². The summed E-state index contributed by atoms with van der Waals surface area (Å²) >= 11 is 0. The molecule has 2 aromatic rings. The predicted octanol–water partition coefficient (Wildman–Crippen LogP) is 8.24. The van der Waals surface area contributed by atoms with Crippen molar-refractivity contribution in [2.45, 2.75) is 104 Å². The molecule has 0 aliphatic rings. The Morgan fingerprint density at radius 1 is 0.750 bits per heavy atom. The van der Waals surface area contributed by atoms with Crippen LogP contribution in [0.2, 0.25) is 0 Å². The third-order valence-electron chi connectivity index (χ3n) is 6.44. The van der Waals surface area contributed by atoms with Crippen molar-refractivity contribution < 1.29 is 23.8 Å². The summed E-state index contributed by atoms with van der Waals surface area (Å²) < 4.78 is 16.8. The van der Waals surface area contributed by atoms with Crippen molar-refractivity contribution in [3.05, 3.63) is 53.6 Å². The van der Waals surface area contributed by atoms with E-state index in [1.807, 2.05) is 13.8 Å². The van der Waals surface area contributed by atoms with Gasteiger partial charge in [0.05, 0.1) is 25.0 Å². The molecule has 220 valence electrons. The average Bonchev–Trinajstić information content (AvgIpc) is 2.96. The molecule has 0 heterocycles. The molecule has 0 spiro atoms. The van der Waals surface area contributed by atoms with E-state index >= 15 is 0 Å². The number of benzene rings is 2. The van der Waals surface area contributed by atoms with E-state index in [1.54, 1.807) is 48.7 Å². The van der Waals surface area contributed by atoms with Crippen LogP contribution in [0, 0.1) is 0 Å². The van der Waals surface area contributed by atoms with Crippen molar-refractivity contribution in [2.75, 3.05) is 13.2 Å². The van der Waals surface area contributed by atoms with Crippen LogP contribution in [0.3, 0.4) is 0 Å². The Morgan fingerprint density at radius 3 is 2.02 bits per heavy atom. The van der Waals surface area contributed by atoms with Crippen molar-refractivity contribution in [2.24, 2.45) is 5.10 Å². The van der Waals surface area contributed by atoms with Crippen LogP contribution in [0.15, 0.2) is 47.6 Å². The number of hydrogen-bond donors (Lipinski definition) is 1. The number of carbonyl (C=O) groups is 2. The number of hydrogen-bond acceptors (Lipinski definition) is 6. The standard InChI is InChI=1S/C33H48N2O5/c1-4-7-8-9-10-11-12-13-14-15-16-17-32(36)35-34-26-27-18-23-30(31(25-27)38-6-3)40-33(37)28-19-21-29(22-20-28)39-24-5-2/h18-23,25-26H,4-17,24H2,1-3H3,(H,35,36)/b34-26-. The van der Waals surface area contributed by atoms with E-state index in [1.165, 1.54) is 57.8 Å². The number of amides is 1. The Bertz CT molecular complexity index is 1020. The highest BCUT2D eigenvalue weighted by molar-refractivity contribution is 5.91. The summed E-state index contributed by atoms with van der Waals surface area (Å²) in [5.41, 5.74) is 3.73. The van der Waals surface area contributed by atoms with Crippen LogP contribution < -0.4 is 19.6 Å². The molecule has 0 saturated heterocycles. The van der Waals surface area contributed by atoms with Gasteiger partial charge in [-0.05, 0) is 67.8 Å². The molecule has 0 aliphatic carbocycles. The Balaban J connectivity index is 1.73. The normalized spacial score (nSPS) is 11.0. The molecule has 0 atom stereocenters. The van der Waals surface area contributed by atoms with Crippen LogP contribution in [0.4, 0.5) is 0 Å². The van der Waals surface area contributed by atoms with Gasteiger partial charge in [0, 0.05) is 6.42 Å². The Labute approximate surface area is 240 Å². The van der Waals surface area contributed by atoms with Crippen molar-refractivity contribution >= 4 is 18.1 Å². The fourth-order valence-corrected chi connectivity index (χ4v) is 4.21. The molecular formula is C33H48N2O5. The molecule has 7 heteroatoms. The van der Waals surface area contributed by atoms with E-state index in [0.717, 1.165) is 24.8 Å². The van der Waals surface area contributed by atoms with Crippen molar-refractivity contribution in [1.29, 1.82) is 0 Å². The molecule has 0 bridgehead atoms. The van der Waals surface area contributed by atoms with Crippen LogP contribution in [-0.4, -0.2) is 31.3 Å². The number of ether oxygens (including phenoxy) is 3. The average molecular weight is 553 g/mol. The zero-order chi connectivity index (χ0) is 28.8. The van der Waals surface area contributed by atoms with Crippen LogP contribution in [0.25, 0.3) is 0 Å². The summed E-state index contributed by atoms with van der Waals surface area (Å²) in [6.45, 7) is 7.17. The first kappa shape index (κ1) is 32.9. The number of unbranched alkanes of at least 4 members (excludes halogenated alkanes) is 10. The molecule has 0 aromatic heterocycles. The first-order chi connectivity index (χ1) is 19.6. The fraction of sp³-hybridized carbons (Fsp3) is 0.545. The number of esters is 1. The maximum absolute atomic E-state index is 12.7. The SMILES string of the molecule is CCCCCCCCCCCCCC(=O)N/N=C\c1ccc(OC(=O)c2ccc(OCCC)cc2)c(OCC)c1. The molecule has 0 unspecified atom stereocenters. The molecule has 0 saturated carbocycles. The molecule has 0 aliphatic heterocycles. The summed E-state index contributed by atoms with van der Waals surface area (Å²) in [5, 5.41) is 4.08. The zero-order valence-electron chi connectivity index (χ0n) is 24.7. The summed E-state index contributed by atoms with van der Waals surface area (Å²) in [6, 6.07) is 12.0. The van der Waals surface area contributed by atoms with Gasteiger partial charge in [-0.3, -0.25) is 4.79 Å². The van der Waals surface area contributed by atoms with E-state index in [2.05, 4.69) is 17.5 Å². The van der Waals surface area contributed by atoms with Gasteiger partial charge in [0.25, 0.3) is 0 Å². The second-order valence-electron chi connectivity index (χ2n) is 9.98. The van der Waals surface area contributed by atoms with Crippen LogP contribution >= 0.6 is 0 Å². The van der Waals surface area contributed by atoms with Gasteiger partial charge < -0.3 is 14.2 Å². The Hall–Kier alpha value is -3.35. The van der Waals surface area contributed by atoms with E-state index in [0.29, 0.717) is 42.4 Å². The first-order valence-electron chi connectivity index (χ1n) is 15.1. The first-order valence-corrected chi connectivity index (χ1v) is 15.1. The fourth-order valence-electron chi connectivity index (χ4n) is 4.21. The summed E-state index contributed by atoms with van der Waals surface area (Å²) in [7, 11) is 0. The number of carbonyl (C=O) groups excluding carboxylic acids is 2. The van der Waals surface area contributed by atoms with Gasteiger partial charge in [0.15, 0.2) is 11.5 Å². The monoisotopic (exact) mass is 552 g/mol. The topological polar surface area (TPSA) is 86.2 Å². The minimum atomic E-state index is -0.487. The van der Waals surface area contributed by atoms with Crippen molar-refractivity contribution in [3.8, 4) is 17.2 Å². The number of nitrogens with zero attached hydrogens (tertiary/aromatic N) is 1. The second-order valence-corrected chi connectivity index (χ2v) is 9.98. The minimum Gasteiger partial charge on any atom is -0.494 e. The smallest absolute Gasteiger partial charge is 0.343 e. The van der Waals surface area contributed by atoms with Gasteiger partial charge >= 0.3 is 5.97 Å². The quantitative estimate of drug-likeness (QED) is 0.0554. The van der Waals surface area contributed by atoms with Crippen molar-refractivity contribution in [1.82, 2.24) is 5.43 Å². The third-order valence-corrected chi connectivity index (χ3v) is 6.44. The van der Waals surface area contributed by atoms with Gasteiger partial charge in [0.2, 0.25) is 5.91 Å². The van der Waals surface area contributed by atoms with Gasteiger partial charge in [-0.25, -0.2) is 10.2 Å². The lowest BCUT2D eigenvalue weighted by Crippen LogP contribution is -2.16. The number of rotatable bonds is 21.